The number of hydrogen-bond donors (Lipinski definition) is 1. The molecule has 4 atom stereocenters. The Labute approximate surface area is 99.8 Å². The molecule has 2 heteroatoms. The van der Waals surface area contributed by atoms with E-state index in [9.17, 15) is 0 Å². The summed E-state index contributed by atoms with van der Waals surface area (Å²) in [5, 5.41) is 3.69. The molecule has 16 heavy (non-hydrogen) atoms. The predicted octanol–water partition coefficient (Wildman–Crippen LogP) is 2.25. The molecule has 0 spiro atoms. The first-order valence-electron chi connectivity index (χ1n) is 7.34. The molecule has 2 nitrogen and oxygen atoms in total. The largest absolute Gasteiger partial charge is 0.313 e. The van der Waals surface area contributed by atoms with Gasteiger partial charge in [0, 0.05) is 18.6 Å². The first-order chi connectivity index (χ1) is 7.86. The van der Waals surface area contributed by atoms with Gasteiger partial charge in [0.1, 0.15) is 0 Å². The van der Waals surface area contributed by atoms with Gasteiger partial charge in [-0.1, -0.05) is 13.3 Å². The molecule has 2 aliphatic carbocycles. The molecule has 2 bridgehead atoms. The fourth-order valence-corrected chi connectivity index (χ4v) is 4.26. The molecular weight excluding hydrogens is 196 g/mol. The molecule has 1 aliphatic heterocycles. The van der Waals surface area contributed by atoms with Crippen LogP contribution >= 0.6 is 0 Å². The summed E-state index contributed by atoms with van der Waals surface area (Å²) in [4.78, 5) is 2.83. The Kier molecular flexibility index (Phi) is 3.21. The van der Waals surface area contributed by atoms with Crippen molar-refractivity contribution in [2.45, 2.75) is 57.5 Å². The molecule has 0 aromatic rings. The minimum atomic E-state index is 0.752. The van der Waals surface area contributed by atoms with Crippen molar-refractivity contribution in [1.29, 1.82) is 0 Å². The smallest absolute Gasteiger partial charge is 0.0192 e. The minimum absolute atomic E-state index is 0.752. The highest BCUT2D eigenvalue weighted by Crippen LogP contribution is 2.46. The molecule has 3 fully saturated rings. The van der Waals surface area contributed by atoms with Crippen LogP contribution in [-0.4, -0.2) is 36.6 Å². The Morgan fingerprint density at radius 2 is 2.19 bits per heavy atom. The normalized spacial score (nSPS) is 44.8. The molecule has 3 rings (SSSR count). The summed E-state index contributed by atoms with van der Waals surface area (Å²) >= 11 is 0. The van der Waals surface area contributed by atoms with Crippen molar-refractivity contribution in [3.05, 3.63) is 0 Å². The number of hydrogen-bond acceptors (Lipinski definition) is 2. The maximum Gasteiger partial charge on any atom is 0.0192 e. The predicted molar refractivity (Wildman–Crippen MR) is 67.5 cm³/mol. The van der Waals surface area contributed by atoms with E-state index in [2.05, 4.69) is 17.1 Å². The molecule has 0 aromatic heterocycles. The van der Waals surface area contributed by atoms with Crippen LogP contribution in [0.1, 0.15) is 45.4 Å². The van der Waals surface area contributed by atoms with Gasteiger partial charge in [0.15, 0.2) is 0 Å². The lowest BCUT2D eigenvalue weighted by Gasteiger charge is -2.35. The van der Waals surface area contributed by atoms with E-state index >= 15 is 0 Å². The van der Waals surface area contributed by atoms with Crippen molar-refractivity contribution < 1.29 is 0 Å². The molecule has 1 heterocycles. The van der Waals surface area contributed by atoms with Gasteiger partial charge in [-0.15, -0.1) is 0 Å². The van der Waals surface area contributed by atoms with E-state index in [1.165, 1.54) is 51.7 Å². The van der Waals surface area contributed by atoms with Crippen molar-refractivity contribution >= 4 is 0 Å². The van der Waals surface area contributed by atoms with Crippen molar-refractivity contribution in [3.63, 3.8) is 0 Å². The van der Waals surface area contributed by atoms with Crippen LogP contribution in [-0.2, 0) is 0 Å². The summed E-state index contributed by atoms with van der Waals surface area (Å²) in [6, 6.07) is 1.70. The lowest BCUT2D eigenvalue weighted by Crippen LogP contribution is -2.44. The molecule has 0 aromatic carbocycles. The van der Waals surface area contributed by atoms with Crippen molar-refractivity contribution in [2.24, 2.45) is 11.8 Å². The highest BCUT2D eigenvalue weighted by Gasteiger charge is 2.42. The number of nitrogens with one attached hydrogen (secondary N) is 1. The average Bonchev–Trinajstić information content (AvgIpc) is 2.85. The Balaban J connectivity index is 1.64. The Bertz CT molecular complexity index is 241. The quantitative estimate of drug-likeness (QED) is 0.771. The van der Waals surface area contributed by atoms with E-state index in [4.69, 9.17) is 0 Å². The number of rotatable bonds is 2. The van der Waals surface area contributed by atoms with E-state index in [-0.39, 0.29) is 0 Å². The lowest BCUT2D eigenvalue weighted by molar-refractivity contribution is 0.139. The Morgan fingerprint density at radius 1 is 1.25 bits per heavy atom. The molecule has 0 amide bonds. The third-order valence-corrected chi connectivity index (χ3v) is 5.17. The molecule has 92 valence electrons. The summed E-state index contributed by atoms with van der Waals surface area (Å²) in [6.07, 6.45) is 8.76. The van der Waals surface area contributed by atoms with Crippen molar-refractivity contribution in [2.75, 3.05) is 19.6 Å². The van der Waals surface area contributed by atoms with E-state index < -0.39 is 0 Å². The molecule has 2 saturated carbocycles. The summed E-state index contributed by atoms with van der Waals surface area (Å²) < 4.78 is 0. The van der Waals surface area contributed by atoms with Gasteiger partial charge < -0.3 is 5.32 Å². The van der Waals surface area contributed by atoms with Gasteiger partial charge in [-0.3, -0.25) is 4.90 Å². The van der Waals surface area contributed by atoms with Crippen LogP contribution in [0, 0.1) is 11.8 Å². The van der Waals surface area contributed by atoms with E-state index in [0.29, 0.717) is 0 Å². The van der Waals surface area contributed by atoms with Crippen LogP contribution in [0.5, 0.6) is 0 Å². The van der Waals surface area contributed by atoms with Gasteiger partial charge in [0.05, 0.1) is 0 Å². The van der Waals surface area contributed by atoms with Gasteiger partial charge in [-0.05, 0) is 57.0 Å². The Hall–Kier alpha value is -0.0800. The summed E-state index contributed by atoms with van der Waals surface area (Å²) in [5.41, 5.74) is 0. The molecule has 0 radical (unpaired) electrons. The SMILES string of the molecule is CCC1CN(C2CC3CCC2C3)CCCN1. The van der Waals surface area contributed by atoms with Gasteiger partial charge in [-0.2, -0.15) is 0 Å². The minimum Gasteiger partial charge on any atom is -0.313 e. The van der Waals surface area contributed by atoms with Crippen molar-refractivity contribution in [3.8, 4) is 0 Å². The molecule has 1 saturated heterocycles. The van der Waals surface area contributed by atoms with E-state index in [0.717, 1.165) is 23.9 Å². The average molecular weight is 222 g/mol. The fraction of sp³-hybridized carbons (Fsp3) is 1.00. The van der Waals surface area contributed by atoms with Crippen LogP contribution in [0.15, 0.2) is 0 Å². The first-order valence-corrected chi connectivity index (χ1v) is 7.34. The molecular formula is C14H26N2. The number of nitrogens with zero attached hydrogens (tertiary/aromatic N) is 1. The zero-order chi connectivity index (χ0) is 11.0. The molecule has 1 N–H and O–H groups in total. The zero-order valence-corrected chi connectivity index (χ0v) is 10.6. The van der Waals surface area contributed by atoms with Crippen LogP contribution < -0.4 is 5.32 Å². The van der Waals surface area contributed by atoms with Crippen LogP contribution in [0.25, 0.3) is 0 Å². The van der Waals surface area contributed by atoms with E-state index in [1.807, 2.05) is 0 Å². The van der Waals surface area contributed by atoms with Gasteiger partial charge in [0.2, 0.25) is 0 Å². The zero-order valence-electron chi connectivity index (χ0n) is 10.6. The van der Waals surface area contributed by atoms with Crippen LogP contribution in [0.2, 0.25) is 0 Å². The number of fused-ring (bicyclic) bond motifs is 2. The fourth-order valence-electron chi connectivity index (χ4n) is 4.26. The van der Waals surface area contributed by atoms with Gasteiger partial charge in [0.25, 0.3) is 0 Å². The van der Waals surface area contributed by atoms with Crippen molar-refractivity contribution in [1.82, 2.24) is 10.2 Å². The van der Waals surface area contributed by atoms with E-state index in [1.54, 1.807) is 6.42 Å². The molecule has 3 aliphatic rings. The van der Waals surface area contributed by atoms with Crippen LogP contribution in [0.3, 0.4) is 0 Å². The van der Waals surface area contributed by atoms with Crippen LogP contribution in [0.4, 0.5) is 0 Å². The third-order valence-electron chi connectivity index (χ3n) is 5.17. The lowest BCUT2D eigenvalue weighted by atomic mass is 9.93. The summed E-state index contributed by atoms with van der Waals surface area (Å²) in [7, 11) is 0. The maximum absolute atomic E-state index is 3.69. The first kappa shape index (κ1) is 11.0. The summed E-state index contributed by atoms with van der Waals surface area (Å²) in [6.45, 7) is 6.21. The third kappa shape index (κ3) is 2.02. The highest BCUT2D eigenvalue weighted by molar-refractivity contribution is 4.96. The monoisotopic (exact) mass is 222 g/mol. The van der Waals surface area contributed by atoms with Gasteiger partial charge in [-0.25, -0.2) is 0 Å². The maximum atomic E-state index is 3.69. The Morgan fingerprint density at radius 3 is 2.88 bits per heavy atom. The van der Waals surface area contributed by atoms with Gasteiger partial charge >= 0.3 is 0 Å². The standard InChI is InChI=1S/C14H26N2/c1-2-13-10-16(7-3-6-15-13)14-9-11-4-5-12(14)8-11/h11-15H,2-10H2,1H3. The summed E-state index contributed by atoms with van der Waals surface area (Å²) in [5.74, 6) is 2.15. The second kappa shape index (κ2) is 4.66. The highest BCUT2D eigenvalue weighted by atomic mass is 15.2. The second-order valence-corrected chi connectivity index (χ2v) is 6.15. The second-order valence-electron chi connectivity index (χ2n) is 6.15. The topological polar surface area (TPSA) is 15.3 Å². The molecule has 4 unspecified atom stereocenters.